The topological polar surface area (TPSA) is 18.5 Å². The first-order valence-corrected chi connectivity index (χ1v) is 3.16. The Kier molecular flexibility index (Phi) is 1.02. The SMILES string of the molecule is C1CCC2OO[C]2C1. The lowest BCUT2D eigenvalue weighted by atomic mass is 9.94. The molecule has 2 fully saturated rings. The average Bonchev–Trinajstić information content (AvgIpc) is 1.72. The Morgan fingerprint density at radius 1 is 1.38 bits per heavy atom. The van der Waals surface area contributed by atoms with Crippen molar-refractivity contribution in [3.63, 3.8) is 0 Å². The molecule has 1 radical (unpaired) electrons. The van der Waals surface area contributed by atoms with E-state index in [2.05, 4.69) is 0 Å². The number of fused-ring (bicyclic) bond motifs is 1. The van der Waals surface area contributed by atoms with Crippen LogP contribution in [0.2, 0.25) is 0 Å². The van der Waals surface area contributed by atoms with Gasteiger partial charge in [-0.1, -0.05) is 12.8 Å². The summed E-state index contributed by atoms with van der Waals surface area (Å²) in [5.74, 6) is 0. The fraction of sp³-hybridized carbons (Fsp3) is 0.833. The zero-order valence-electron chi connectivity index (χ0n) is 4.72. The minimum atomic E-state index is 0.378. The monoisotopic (exact) mass is 113 g/mol. The van der Waals surface area contributed by atoms with Gasteiger partial charge in [-0.05, 0) is 12.8 Å². The summed E-state index contributed by atoms with van der Waals surface area (Å²) >= 11 is 0. The third-order valence-electron chi connectivity index (χ3n) is 1.77. The molecule has 1 unspecified atom stereocenters. The first-order chi connectivity index (χ1) is 3.97. The fourth-order valence-corrected chi connectivity index (χ4v) is 1.22. The van der Waals surface area contributed by atoms with Crippen LogP contribution in [-0.2, 0) is 9.78 Å². The van der Waals surface area contributed by atoms with E-state index in [0.29, 0.717) is 6.10 Å². The lowest BCUT2D eigenvalue weighted by Crippen LogP contribution is -2.37. The maximum Gasteiger partial charge on any atom is 0.167 e. The fourth-order valence-electron chi connectivity index (χ4n) is 1.22. The van der Waals surface area contributed by atoms with Gasteiger partial charge in [-0.15, -0.1) is 0 Å². The van der Waals surface area contributed by atoms with Crippen molar-refractivity contribution >= 4 is 0 Å². The van der Waals surface area contributed by atoms with Crippen molar-refractivity contribution in [2.24, 2.45) is 0 Å². The van der Waals surface area contributed by atoms with Crippen molar-refractivity contribution in [2.75, 3.05) is 0 Å². The lowest BCUT2D eigenvalue weighted by molar-refractivity contribution is -0.421. The summed E-state index contributed by atoms with van der Waals surface area (Å²) in [5.41, 5.74) is 0. The van der Waals surface area contributed by atoms with Gasteiger partial charge >= 0.3 is 0 Å². The van der Waals surface area contributed by atoms with Crippen molar-refractivity contribution < 1.29 is 9.78 Å². The summed E-state index contributed by atoms with van der Waals surface area (Å²) in [5, 5.41) is 0. The van der Waals surface area contributed by atoms with Crippen LogP contribution in [0.15, 0.2) is 0 Å². The third kappa shape index (κ3) is 0.565. The Hall–Kier alpha value is -0.0800. The van der Waals surface area contributed by atoms with Gasteiger partial charge in [0.1, 0.15) is 6.10 Å². The van der Waals surface area contributed by atoms with E-state index >= 15 is 0 Å². The molecule has 2 rings (SSSR count). The van der Waals surface area contributed by atoms with Gasteiger partial charge in [0.2, 0.25) is 0 Å². The van der Waals surface area contributed by atoms with Crippen LogP contribution in [0.1, 0.15) is 25.7 Å². The largest absolute Gasteiger partial charge is 0.229 e. The van der Waals surface area contributed by atoms with E-state index in [1.807, 2.05) is 0 Å². The van der Waals surface area contributed by atoms with Gasteiger partial charge in [-0.2, -0.15) is 0 Å². The van der Waals surface area contributed by atoms with E-state index in [-0.39, 0.29) is 0 Å². The molecule has 1 aliphatic carbocycles. The van der Waals surface area contributed by atoms with Crippen molar-refractivity contribution in [2.45, 2.75) is 31.8 Å². The molecule has 0 aromatic carbocycles. The van der Waals surface area contributed by atoms with Gasteiger partial charge in [0.25, 0.3) is 0 Å². The maximum absolute atomic E-state index is 4.80. The zero-order chi connectivity index (χ0) is 5.40. The lowest BCUT2D eigenvalue weighted by Gasteiger charge is -2.36. The summed E-state index contributed by atoms with van der Waals surface area (Å²) in [6.07, 6.45) is 6.45. The van der Waals surface area contributed by atoms with Gasteiger partial charge < -0.3 is 0 Å². The molecule has 2 nitrogen and oxygen atoms in total. The number of hydrogen-bond donors (Lipinski definition) is 0. The minimum Gasteiger partial charge on any atom is -0.229 e. The minimum absolute atomic E-state index is 0.378. The van der Waals surface area contributed by atoms with E-state index in [1.165, 1.54) is 25.4 Å². The Morgan fingerprint density at radius 3 is 2.75 bits per heavy atom. The van der Waals surface area contributed by atoms with E-state index in [4.69, 9.17) is 9.78 Å². The first kappa shape index (κ1) is 4.77. The van der Waals surface area contributed by atoms with Crippen molar-refractivity contribution in [3.05, 3.63) is 6.10 Å². The van der Waals surface area contributed by atoms with Crippen molar-refractivity contribution in [3.8, 4) is 0 Å². The predicted octanol–water partition coefficient (Wildman–Crippen LogP) is 1.42. The first-order valence-electron chi connectivity index (χ1n) is 3.16. The van der Waals surface area contributed by atoms with E-state index in [9.17, 15) is 0 Å². The number of rotatable bonds is 0. The highest BCUT2D eigenvalue weighted by molar-refractivity contribution is 4.94. The standard InChI is InChI=1S/C6H9O2/c1-2-4-6-5(3-1)7-8-6/h5H,1-4H2. The Morgan fingerprint density at radius 2 is 2.38 bits per heavy atom. The van der Waals surface area contributed by atoms with Crippen molar-refractivity contribution in [1.29, 1.82) is 0 Å². The maximum atomic E-state index is 4.80. The summed E-state index contributed by atoms with van der Waals surface area (Å²) < 4.78 is 0. The molecule has 0 aromatic rings. The van der Waals surface area contributed by atoms with Gasteiger partial charge in [-0.3, -0.25) is 0 Å². The van der Waals surface area contributed by atoms with Crippen LogP contribution in [0.25, 0.3) is 0 Å². The normalized spacial score (nSPS) is 38.2. The van der Waals surface area contributed by atoms with Crippen LogP contribution in [0.5, 0.6) is 0 Å². The molecule has 1 heterocycles. The van der Waals surface area contributed by atoms with Crippen LogP contribution in [0.3, 0.4) is 0 Å². The van der Waals surface area contributed by atoms with Gasteiger partial charge in [-0.25, -0.2) is 9.78 Å². The summed E-state index contributed by atoms with van der Waals surface area (Å²) in [4.78, 5) is 9.55. The zero-order valence-corrected chi connectivity index (χ0v) is 4.72. The average molecular weight is 113 g/mol. The van der Waals surface area contributed by atoms with Crippen LogP contribution < -0.4 is 0 Å². The third-order valence-corrected chi connectivity index (χ3v) is 1.77. The second kappa shape index (κ2) is 1.71. The molecule has 0 bridgehead atoms. The second-order valence-electron chi connectivity index (χ2n) is 2.38. The molecular weight excluding hydrogens is 104 g/mol. The molecule has 2 aliphatic rings. The molecule has 1 saturated heterocycles. The summed E-state index contributed by atoms with van der Waals surface area (Å²) in [7, 11) is 0. The van der Waals surface area contributed by atoms with Gasteiger partial charge in [0, 0.05) is 0 Å². The molecule has 0 N–H and O–H groups in total. The van der Waals surface area contributed by atoms with Crippen LogP contribution in [0.4, 0.5) is 0 Å². The van der Waals surface area contributed by atoms with Gasteiger partial charge in [0.05, 0.1) is 0 Å². The molecule has 45 valence electrons. The van der Waals surface area contributed by atoms with Crippen LogP contribution in [-0.4, -0.2) is 6.10 Å². The molecule has 0 amide bonds. The molecule has 8 heavy (non-hydrogen) atoms. The van der Waals surface area contributed by atoms with Crippen LogP contribution >= 0.6 is 0 Å². The van der Waals surface area contributed by atoms with Gasteiger partial charge in [0.15, 0.2) is 6.10 Å². The van der Waals surface area contributed by atoms with Crippen LogP contribution in [0, 0.1) is 6.10 Å². The highest BCUT2D eigenvalue weighted by Crippen LogP contribution is 2.37. The molecular formula is C6H9O2. The predicted molar refractivity (Wildman–Crippen MR) is 27.7 cm³/mol. The van der Waals surface area contributed by atoms with E-state index < -0.39 is 0 Å². The molecule has 1 saturated carbocycles. The summed E-state index contributed by atoms with van der Waals surface area (Å²) in [6.45, 7) is 0. The number of hydrogen-bond acceptors (Lipinski definition) is 2. The Bertz CT molecular complexity index is 80.5. The Labute approximate surface area is 48.7 Å². The molecule has 0 aromatic heterocycles. The molecule has 1 aliphatic heterocycles. The molecule has 2 heteroatoms. The molecule has 1 atom stereocenters. The van der Waals surface area contributed by atoms with Crippen molar-refractivity contribution in [1.82, 2.24) is 0 Å². The quantitative estimate of drug-likeness (QED) is 0.442. The van der Waals surface area contributed by atoms with E-state index in [0.717, 1.165) is 6.42 Å². The highest BCUT2D eigenvalue weighted by Gasteiger charge is 2.37. The smallest absolute Gasteiger partial charge is 0.167 e. The molecule has 0 spiro atoms. The second-order valence-corrected chi connectivity index (χ2v) is 2.38. The summed E-state index contributed by atoms with van der Waals surface area (Å²) in [6, 6.07) is 0. The highest BCUT2D eigenvalue weighted by atomic mass is 17.2. The van der Waals surface area contributed by atoms with E-state index in [1.54, 1.807) is 0 Å². The Balaban J connectivity index is 1.92.